The minimum atomic E-state index is 0. The number of rotatable bonds is 5. The SMILES string of the molecule is CC(=O)N1CCN(c2ccc(-c3cc4nccnc4c(NC[C@@H]4CNCCO4)n3)cc2)CC1.S. The average Bonchev–Trinajstić information content (AvgIpc) is 2.88. The minimum Gasteiger partial charge on any atom is -0.374 e. The number of carbonyl (C=O) groups is 1. The summed E-state index contributed by atoms with van der Waals surface area (Å²) in [4.78, 5) is 29.7. The fourth-order valence-corrected chi connectivity index (χ4v) is 4.33. The molecular weight excluding hydrogens is 450 g/mol. The summed E-state index contributed by atoms with van der Waals surface area (Å²) in [5.74, 6) is 0.861. The van der Waals surface area contributed by atoms with Crippen LogP contribution in [0, 0.1) is 0 Å². The summed E-state index contributed by atoms with van der Waals surface area (Å²) in [6.07, 6.45) is 3.49. The van der Waals surface area contributed by atoms with Gasteiger partial charge in [-0.15, -0.1) is 0 Å². The van der Waals surface area contributed by atoms with E-state index in [0.29, 0.717) is 12.4 Å². The highest BCUT2D eigenvalue weighted by molar-refractivity contribution is 7.59. The van der Waals surface area contributed by atoms with Gasteiger partial charge in [-0.1, -0.05) is 12.1 Å². The molecule has 180 valence electrons. The fourth-order valence-electron chi connectivity index (χ4n) is 4.33. The van der Waals surface area contributed by atoms with E-state index < -0.39 is 0 Å². The van der Waals surface area contributed by atoms with Crippen molar-refractivity contribution >= 4 is 41.9 Å². The van der Waals surface area contributed by atoms with Gasteiger partial charge < -0.3 is 25.2 Å². The van der Waals surface area contributed by atoms with E-state index >= 15 is 0 Å². The number of fused-ring (bicyclic) bond motifs is 1. The second-order valence-electron chi connectivity index (χ2n) is 8.40. The largest absolute Gasteiger partial charge is 0.374 e. The van der Waals surface area contributed by atoms with Crippen LogP contribution in [0.1, 0.15) is 6.92 Å². The quantitative estimate of drug-likeness (QED) is 0.570. The zero-order chi connectivity index (χ0) is 22.6. The van der Waals surface area contributed by atoms with Crippen LogP contribution in [-0.2, 0) is 9.53 Å². The maximum absolute atomic E-state index is 11.6. The first-order chi connectivity index (χ1) is 16.2. The van der Waals surface area contributed by atoms with Gasteiger partial charge in [0.1, 0.15) is 5.52 Å². The van der Waals surface area contributed by atoms with Crippen molar-refractivity contribution < 1.29 is 9.53 Å². The lowest BCUT2D eigenvalue weighted by Crippen LogP contribution is -2.48. The normalized spacial score (nSPS) is 18.4. The first-order valence-electron chi connectivity index (χ1n) is 11.5. The third-order valence-electron chi connectivity index (χ3n) is 6.21. The summed E-state index contributed by atoms with van der Waals surface area (Å²) >= 11 is 0. The molecule has 5 rings (SSSR count). The lowest BCUT2D eigenvalue weighted by molar-refractivity contribution is -0.129. The fraction of sp³-hybridized carbons (Fsp3) is 0.417. The van der Waals surface area contributed by atoms with Crippen LogP contribution >= 0.6 is 13.5 Å². The van der Waals surface area contributed by atoms with Crippen molar-refractivity contribution in [2.45, 2.75) is 13.0 Å². The molecule has 2 saturated heterocycles. The highest BCUT2D eigenvalue weighted by atomic mass is 32.1. The Kier molecular flexibility index (Phi) is 7.81. The molecule has 0 aliphatic carbocycles. The molecule has 9 nitrogen and oxygen atoms in total. The van der Waals surface area contributed by atoms with Gasteiger partial charge in [-0.3, -0.25) is 9.78 Å². The molecule has 1 amide bonds. The Bertz CT molecular complexity index is 1110. The number of morpholine rings is 1. The maximum Gasteiger partial charge on any atom is 0.219 e. The number of piperazine rings is 1. The van der Waals surface area contributed by atoms with Gasteiger partial charge in [0, 0.05) is 76.4 Å². The molecule has 4 heterocycles. The number of aromatic nitrogens is 3. The first kappa shape index (κ1) is 24.2. The van der Waals surface area contributed by atoms with Gasteiger partial charge in [0.05, 0.1) is 23.9 Å². The highest BCUT2D eigenvalue weighted by Gasteiger charge is 2.19. The van der Waals surface area contributed by atoms with Crippen molar-refractivity contribution in [2.24, 2.45) is 0 Å². The van der Waals surface area contributed by atoms with E-state index in [2.05, 4.69) is 49.8 Å². The number of hydrogen-bond donors (Lipinski definition) is 2. The first-order valence-corrected chi connectivity index (χ1v) is 11.5. The van der Waals surface area contributed by atoms with Crippen LogP contribution in [0.5, 0.6) is 0 Å². The van der Waals surface area contributed by atoms with E-state index in [9.17, 15) is 4.79 Å². The van der Waals surface area contributed by atoms with Gasteiger partial charge in [-0.05, 0) is 18.2 Å². The van der Waals surface area contributed by atoms with Crippen LogP contribution in [0.15, 0.2) is 42.7 Å². The smallest absolute Gasteiger partial charge is 0.219 e. The van der Waals surface area contributed by atoms with E-state index in [1.807, 2.05) is 11.0 Å². The standard InChI is InChI=1S/C24H29N7O2.H2S/c1-17(32)30-9-11-31(12-10-30)19-4-2-18(3-5-19)21-14-22-23(27-7-6-26-22)24(29-21)28-16-20-15-25-8-13-33-20;/h2-7,14,20,25H,8-13,15-16H2,1H3,(H,28,29);1H2/t20-;/m0./s1. The number of anilines is 2. The maximum atomic E-state index is 11.6. The molecule has 0 unspecified atom stereocenters. The molecule has 10 heteroatoms. The Morgan fingerprint density at radius 3 is 2.62 bits per heavy atom. The number of amides is 1. The zero-order valence-corrected chi connectivity index (χ0v) is 20.3. The van der Waals surface area contributed by atoms with Crippen molar-refractivity contribution in [3.8, 4) is 11.3 Å². The molecular formula is C24H31N7O2S. The monoisotopic (exact) mass is 481 g/mol. The Morgan fingerprint density at radius 1 is 1.15 bits per heavy atom. The van der Waals surface area contributed by atoms with Crippen LogP contribution < -0.4 is 15.5 Å². The Morgan fingerprint density at radius 2 is 1.91 bits per heavy atom. The zero-order valence-electron chi connectivity index (χ0n) is 19.3. The molecule has 0 spiro atoms. The number of nitrogens with one attached hydrogen (secondary N) is 2. The van der Waals surface area contributed by atoms with E-state index in [1.165, 1.54) is 0 Å². The molecule has 2 aromatic heterocycles. The van der Waals surface area contributed by atoms with E-state index in [1.54, 1.807) is 19.3 Å². The summed E-state index contributed by atoms with van der Waals surface area (Å²) in [6.45, 7) is 7.92. The van der Waals surface area contributed by atoms with Crippen molar-refractivity contribution in [3.05, 3.63) is 42.7 Å². The number of nitrogens with zero attached hydrogens (tertiary/aromatic N) is 5. The van der Waals surface area contributed by atoms with Gasteiger partial charge in [0.2, 0.25) is 5.91 Å². The Hall–Kier alpha value is -2.95. The average molecular weight is 482 g/mol. The molecule has 2 N–H and O–H groups in total. The molecule has 1 aromatic carbocycles. The van der Waals surface area contributed by atoms with Gasteiger partial charge >= 0.3 is 0 Å². The third-order valence-corrected chi connectivity index (χ3v) is 6.21. The number of hydrogen-bond acceptors (Lipinski definition) is 8. The van der Waals surface area contributed by atoms with Crippen LogP contribution in [0.3, 0.4) is 0 Å². The van der Waals surface area contributed by atoms with E-state index in [-0.39, 0.29) is 25.5 Å². The third kappa shape index (κ3) is 5.40. The van der Waals surface area contributed by atoms with E-state index in [0.717, 1.165) is 73.9 Å². The molecule has 0 saturated carbocycles. The Balaban J connectivity index is 0.00000274. The van der Waals surface area contributed by atoms with Crippen LogP contribution in [-0.4, -0.2) is 84.3 Å². The number of benzene rings is 1. The van der Waals surface area contributed by atoms with Crippen LogP contribution in [0.25, 0.3) is 22.3 Å². The lowest BCUT2D eigenvalue weighted by atomic mass is 10.1. The lowest BCUT2D eigenvalue weighted by Gasteiger charge is -2.35. The van der Waals surface area contributed by atoms with Gasteiger partial charge in [-0.25, -0.2) is 9.97 Å². The second kappa shape index (κ2) is 11.0. The van der Waals surface area contributed by atoms with Crippen LogP contribution in [0.2, 0.25) is 0 Å². The van der Waals surface area contributed by atoms with Gasteiger partial charge in [0.25, 0.3) is 0 Å². The summed E-state index contributed by atoms with van der Waals surface area (Å²) in [7, 11) is 0. The predicted molar refractivity (Wildman–Crippen MR) is 139 cm³/mol. The molecule has 0 radical (unpaired) electrons. The van der Waals surface area contributed by atoms with Crippen molar-refractivity contribution in [2.75, 3.05) is 62.6 Å². The van der Waals surface area contributed by atoms with E-state index in [4.69, 9.17) is 9.72 Å². The number of pyridine rings is 1. The van der Waals surface area contributed by atoms with Crippen molar-refractivity contribution in [1.82, 2.24) is 25.2 Å². The van der Waals surface area contributed by atoms with Crippen molar-refractivity contribution in [3.63, 3.8) is 0 Å². The van der Waals surface area contributed by atoms with Crippen LogP contribution in [0.4, 0.5) is 11.5 Å². The summed E-state index contributed by atoms with van der Waals surface area (Å²) in [5.41, 5.74) is 4.58. The molecule has 2 aliphatic rings. The van der Waals surface area contributed by atoms with Crippen molar-refractivity contribution in [1.29, 1.82) is 0 Å². The Labute approximate surface area is 206 Å². The molecule has 34 heavy (non-hydrogen) atoms. The molecule has 2 fully saturated rings. The summed E-state index contributed by atoms with van der Waals surface area (Å²) in [5, 5.41) is 6.77. The molecule has 2 aliphatic heterocycles. The molecule has 1 atom stereocenters. The van der Waals surface area contributed by atoms with Gasteiger partial charge in [-0.2, -0.15) is 13.5 Å². The molecule has 3 aromatic rings. The predicted octanol–water partition coefficient (Wildman–Crippen LogP) is 1.87. The number of carbonyl (C=O) groups excluding carboxylic acids is 1. The highest BCUT2D eigenvalue weighted by Crippen LogP contribution is 2.27. The summed E-state index contributed by atoms with van der Waals surface area (Å²) < 4.78 is 5.80. The second-order valence-corrected chi connectivity index (χ2v) is 8.40. The summed E-state index contributed by atoms with van der Waals surface area (Å²) in [6, 6.07) is 10.4. The molecule has 0 bridgehead atoms. The van der Waals surface area contributed by atoms with Gasteiger partial charge in [0.15, 0.2) is 5.82 Å². The minimum absolute atomic E-state index is 0. The number of ether oxygens (including phenoxy) is 1. The topological polar surface area (TPSA) is 95.5 Å².